The summed E-state index contributed by atoms with van der Waals surface area (Å²) < 4.78 is 2.66. The molecule has 1 aromatic heterocycles. The highest BCUT2D eigenvalue weighted by Gasteiger charge is 2.11. The van der Waals surface area contributed by atoms with Gasteiger partial charge < -0.3 is 5.11 Å². The van der Waals surface area contributed by atoms with Crippen molar-refractivity contribution in [3.8, 4) is 0 Å². The molecule has 0 bridgehead atoms. The van der Waals surface area contributed by atoms with Crippen LogP contribution in [0.15, 0.2) is 40.1 Å². The van der Waals surface area contributed by atoms with E-state index in [0.717, 1.165) is 21.7 Å². The van der Waals surface area contributed by atoms with E-state index in [0.29, 0.717) is 11.3 Å². The van der Waals surface area contributed by atoms with E-state index < -0.39 is 5.97 Å². The first-order chi connectivity index (χ1) is 9.11. The zero-order valence-electron chi connectivity index (χ0n) is 10.3. The highest BCUT2D eigenvalue weighted by Crippen LogP contribution is 2.01. The molecule has 19 heavy (non-hydrogen) atoms. The van der Waals surface area contributed by atoms with E-state index in [2.05, 4.69) is 4.99 Å². The Morgan fingerprint density at radius 1 is 1.37 bits per heavy atom. The van der Waals surface area contributed by atoms with Crippen LogP contribution in [0.2, 0.25) is 0 Å². The molecule has 2 aromatic rings. The van der Waals surface area contributed by atoms with Crippen LogP contribution in [0.1, 0.15) is 5.56 Å². The van der Waals surface area contributed by atoms with Crippen LogP contribution >= 0.6 is 11.5 Å². The van der Waals surface area contributed by atoms with Gasteiger partial charge in [0.15, 0.2) is 0 Å². The number of aliphatic carboxylic acids is 1. The van der Waals surface area contributed by atoms with Crippen molar-refractivity contribution in [3.05, 3.63) is 51.2 Å². The Hall–Kier alpha value is -2.15. The minimum absolute atomic E-state index is 0.350. The van der Waals surface area contributed by atoms with Crippen molar-refractivity contribution in [1.82, 2.24) is 8.52 Å². The molecule has 0 saturated heterocycles. The number of benzene rings is 1. The van der Waals surface area contributed by atoms with Crippen molar-refractivity contribution in [2.45, 2.75) is 13.1 Å². The number of carboxylic acids is 1. The van der Waals surface area contributed by atoms with E-state index in [9.17, 15) is 9.59 Å². The summed E-state index contributed by atoms with van der Waals surface area (Å²) in [5, 5.41) is 8.80. The SMILES string of the molecule is CN=c1sn(Cc2ccccc2)c(=O)n1CC(=O)O. The fraction of sp³-hybridized carbons (Fsp3) is 0.250. The van der Waals surface area contributed by atoms with Crippen LogP contribution < -0.4 is 10.5 Å². The first-order valence-electron chi connectivity index (χ1n) is 5.61. The van der Waals surface area contributed by atoms with Crippen molar-refractivity contribution in [2.75, 3.05) is 7.05 Å². The Labute approximate surface area is 113 Å². The smallest absolute Gasteiger partial charge is 0.340 e. The summed E-state index contributed by atoms with van der Waals surface area (Å²) >= 11 is 1.16. The molecular weight excluding hydrogens is 266 g/mol. The molecule has 0 aliphatic carbocycles. The van der Waals surface area contributed by atoms with Gasteiger partial charge in [0.25, 0.3) is 0 Å². The molecule has 0 saturated carbocycles. The molecule has 0 atom stereocenters. The summed E-state index contributed by atoms with van der Waals surface area (Å²) in [6, 6.07) is 9.51. The van der Waals surface area contributed by atoms with E-state index >= 15 is 0 Å². The lowest BCUT2D eigenvalue weighted by molar-refractivity contribution is -0.137. The predicted octanol–water partition coefficient (Wildman–Crippen LogP) is 0.375. The van der Waals surface area contributed by atoms with Crippen LogP contribution in [0.4, 0.5) is 0 Å². The van der Waals surface area contributed by atoms with Crippen molar-refractivity contribution >= 4 is 17.5 Å². The maximum atomic E-state index is 12.1. The van der Waals surface area contributed by atoms with Gasteiger partial charge in [-0.15, -0.1) is 0 Å². The number of nitrogens with zero attached hydrogens (tertiary/aromatic N) is 3. The van der Waals surface area contributed by atoms with Gasteiger partial charge in [0, 0.05) is 7.05 Å². The van der Waals surface area contributed by atoms with Gasteiger partial charge in [-0.2, -0.15) is 0 Å². The summed E-state index contributed by atoms with van der Waals surface area (Å²) in [5.74, 6) is -1.06. The van der Waals surface area contributed by atoms with Gasteiger partial charge in [-0.1, -0.05) is 30.3 Å². The van der Waals surface area contributed by atoms with Gasteiger partial charge in [0.1, 0.15) is 6.54 Å². The van der Waals surface area contributed by atoms with Gasteiger partial charge >= 0.3 is 11.7 Å². The summed E-state index contributed by atoms with van der Waals surface area (Å²) in [6.07, 6.45) is 0. The fourth-order valence-corrected chi connectivity index (χ4v) is 2.59. The van der Waals surface area contributed by atoms with Gasteiger partial charge in [0.2, 0.25) is 4.80 Å². The number of rotatable bonds is 4. The Balaban J connectivity index is 2.41. The maximum Gasteiger partial charge on any atom is 0.340 e. The molecule has 0 amide bonds. The van der Waals surface area contributed by atoms with Crippen molar-refractivity contribution in [3.63, 3.8) is 0 Å². The molecule has 1 heterocycles. The number of carboxylic acid groups (broad SMARTS) is 1. The Kier molecular flexibility index (Phi) is 3.96. The third-order valence-electron chi connectivity index (χ3n) is 2.52. The molecule has 0 fully saturated rings. The Morgan fingerprint density at radius 3 is 2.63 bits per heavy atom. The molecule has 0 unspecified atom stereocenters. The van der Waals surface area contributed by atoms with Gasteiger partial charge in [-0.05, 0) is 17.1 Å². The molecule has 2 rings (SSSR count). The molecular formula is C12H13N3O3S. The molecule has 1 aromatic carbocycles. The zero-order valence-corrected chi connectivity index (χ0v) is 11.1. The largest absolute Gasteiger partial charge is 0.480 e. The van der Waals surface area contributed by atoms with E-state index in [4.69, 9.17) is 5.11 Å². The summed E-state index contributed by atoms with van der Waals surface area (Å²) in [7, 11) is 1.54. The molecule has 1 N–H and O–H groups in total. The van der Waals surface area contributed by atoms with Crippen LogP contribution in [0, 0.1) is 0 Å². The molecule has 0 spiro atoms. The minimum atomic E-state index is -1.06. The number of aromatic nitrogens is 2. The van der Waals surface area contributed by atoms with Crippen LogP contribution in [-0.4, -0.2) is 26.6 Å². The van der Waals surface area contributed by atoms with Gasteiger partial charge in [-0.25, -0.2) is 8.75 Å². The van der Waals surface area contributed by atoms with Crippen LogP contribution in [0.5, 0.6) is 0 Å². The molecule has 7 heteroatoms. The Morgan fingerprint density at radius 2 is 2.05 bits per heavy atom. The normalized spacial score (nSPS) is 11.7. The second kappa shape index (κ2) is 5.66. The van der Waals surface area contributed by atoms with Crippen molar-refractivity contribution in [2.24, 2.45) is 4.99 Å². The summed E-state index contributed by atoms with van der Waals surface area (Å²) in [6.45, 7) is 0.0449. The van der Waals surface area contributed by atoms with Crippen molar-refractivity contribution in [1.29, 1.82) is 0 Å². The second-order valence-electron chi connectivity index (χ2n) is 3.88. The molecule has 6 nitrogen and oxygen atoms in total. The lowest BCUT2D eigenvalue weighted by Gasteiger charge is -1.99. The van der Waals surface area contributed by atoms with Gasteiger partial charge in [-0.3, -0.25) is 14.4 Å². The topological polar surface area (TPSA) is 76.6 Å². The summed E-state index contributed by atoms with van der Waals surface area (Å²) in [4.78, 5) is 27.2. The van der Waals surface area contributed by atoms with E-state index in [-0.39, 0.29) is 12.2 Å². The van der Waals surface area contributed by atoms with E-state index in [1.807, 2.05) is 30.3 Å². The third-order valence-corrected chi connectivity index (χ3v) is 3.59. The standard InChI is InChI=1S/C12H13N3O3S/c1-13-11-14(8-10(16)17)12(18)15(19-11)7-9-5-3-2-4-6-9/h2-6H,7-8H2,1H3,(H,16,17). The number of carbonyl (C=O) groups is 1. The lowest BCUT2D eigenvalue weighted by Crippen LogP contribution is -2.32. The predicted molar refractivity (Wildman–Crippen MR) is 71.2 cm³/mol. The van der Waals surface area contributed by atoms with Gasteiger partial charge in [0.05, 0.1) is 6.54 Å². The maximum absolute atomic E-state index is 12.1. The molecule has 0 aliphatic rings. The summed E-state index contributed by atoms with van der Waals surface area (Å²) in [5.41, 5.74) is 0.632. The van der Waals surface area contributed by atoms with E-state index in [1.165, 1.54) is 11.0 Å². The van der Waals surface area contributed by atoms with Crippen LogP contribution in [-0.2, 0) is 17.9 Å². The zero-order chi connectivity index (χ0) is 13.8. The quantitative estimate of drug-likeness (QED) is 0.878. The van der Waals surface area contributed by atoms with Crippen molar-refractivity contribution < 1.29 is 9.90 Å². The van der Waals surface area contributed by atoms with Crippen LogP contribution in [0.3, 0.4) is 0 Å². The molecule has 0 radical (unpaired) electrons. The first kappa shape index (κ1) is 13.3. The van der Waals surface area contributed by atoms with E-state index in [1.54, 1.807) is 0 Å². The average Bonchev–Trinajstić information content (AvgIpc) is 2.68. The molecule has 100 valence electrons. The average molecular weight is 279 g/mol. The Bertz CT molecular complexity index is 697. The third kappa shape index (κ3) is 3.00. The number of hydrogen-bond donors (Lipinski definition) is 1. The van der Waals surface area contributed by atoms with Crippen LogP contribution in [0.25, 0.3) is 0 Å². The number of hydrogen-bond acceptors (Lipinski definition) is 4. The first-order valence-corrected chi connectivity index (χ1v) is 6.38. The second-order valence-corrected chi connectivity index (χ2v) is 4.87. The molecule has 0 aliphatic heterocycles. The monoisotopic (exact) mass is 279 g/mol. The fourth-order valence-electron chi connectivity index (χ4n) is 1.68. The lowest BCUT2D eigenvalue weighted by atomic mass is 10.2. The highest BCUT2D eigenvalue weighted by atomic mass is 32.1. The minimum Gasteiger partial charge on any atom is -0.480 e. The highest BCUT2D eigenvalue weighted by molar-refractivity contribution is 7.03.